The average molecular weight is 465 g/mol. The zero-order chi connectivity index (χ0) is 24.2. The molecule has 1 amide bonds. The highest BCUT2D eigenvalue weighted by Gasteiger charge is 2.29. The maximum Gasteiger partial charge on any atom is 0.264 e. The van der Waals surface area contributed by atoms with Crippen LogP contribution < -0.4 is 9.62 Å². The van der Waals surface area contributed by atoms with E-state index in [-0.39, 0.29) is 23.4 Å². The molecule has 0 unspecified atom stereocenters. The lowest BCUT2D eigenvalue weighted by molar-refractivity contribution is -0.120. The van der Waals surface area contributed by atoms with Crippen molar-refractivity contribution in [2.24, 2.45) is 0 Å². The van der Waals surface area contributed by atoms with Crippen molar-refractivity contribution in [3.63, 3.8) is 0 Å². The summed E-state index contributed by atoms with van der Waals surface area (Å²) in [5.41, 5.74) is 5.45. The fourth-order valence-electron chi connectivity index (χ4n) is 3.69. The van der Waals surface area contributed by atoms with E-state index in [0.29, 0.717) is 5.69 Å². The summed E-state index contributed by atoms with van der Waals surface area (Å²) in [6, 6.07) is 20.0. The topological polar surface area (TPSA) is 66.5 Å². The minimum absolute atomic E-state index is 0.157. The zero-order valence-electron chi connectivity index (χ0n) is 19.9. The highest BCUT2D eigenvalue weighted by molar-refractivity contribution is 7.92. The van der Waals surface area contributed by atoms with Gasteiger partial charge < -0.3 is 5.32 Å². The Bertz CT molecular complexity index is 1220. The molecule has 0 aliphatic heterocycles. The number of hydrogen-bond acceptors (Lipinski definition) is 3. The Morgan fingerprint density at radius 2 is 1.58 bits per heavy atom. The van der Waals surface area contributed by atoms with E-state index in [4.69, 9.17) is 0 Å². The van der Waals surface area contributed by atoms with Crippen molar-refractivity contribution in [1.82, 2.24) is 5.32 Å². The van der Waals surface area contributed by atoms with Gasteiger partial charge in [-0.3, -0.25) is 9.10 Å². The standard InChI is InChI=1S/C27H32N2O3S/c1-6-23-12-14-24(15-13-23)22(5)28-27(30)18-29(26-9-7-8-20(3)21(26)4)33(31,32)25-16-10-19(2)11-17-25/h7-17,22H,6,18H2,1-5H3,(H,28,30)/t22-/m0/s1. The molecular formula is C27H32N2O3S. The Hall–Kier alpha value is -3.12. The van der Waals surface area contributed by atoms with E-state index >= 15 is 0 Å². The molecule has 0 aliphatic rings. The summed E-state index contributed by atoms with van der Waals surface area (Å²) in [6.07, 6.45) is 0.947. The van der Waals surface area contributed by atoms with Crippen LogP contribution >= 0.6 is 0 Å². The number of carbonyl (C=O) groups is 1. The van der Waals surface area contributed by atoms with E-state index in [1.54, 1.807) is 30.3 Å². The molecule has 3 rings (SSSR count). The highest BCUT2D eigenvalue weighted by Crippen LogP contribution is 2.28. The van der Waals surface area contributed by atoms with Crippen molar-refractivity contribution in [3.05, 3.63) is 94.5 Å². The fourth-order valence-corrected chi connectivity index (χ4v) is 5.16. The van der Waals surface area contributed by atoms with Gasteiger partial charge in [0.25, 0.3) is 10.0 Å². The van der Waals surface area contributed by atoms with E-state index in [1.807, 2.05) is 64.1 Å². The lowest BCUT2D eigenvalue weighted by Crippen LogP contribution is -2.42. The Balaban J connectivity index is 1.91. The Kier molecular flexibility index (Phi) is 7.59. The molecule has 174 valence electrons. The van der Waals surface area contributed by atoms with Gasteiger partial charge >= 0.3 is 0 Å². The van der Waals surface area contributed by atoms with Crippen LogP contribution in [0.2, 0.25) is 0 Å². The molecule has 1 N–H and O–H groups in total. The molecule has 0 aliphatic carbocycles. The van der Waals surface area contributed by atoms with Gasteiger partial charge in [0.1, 0.15) is 6.54 Å². The van der Waals surface area contributed by atoms with Crippen LogP contribution in [0.3, 0.4) is 0 Å². The first kappa shape index (κ1) is 24.5. The molecule has 0 heterocycles. The monoisotopic (exact) mass is 464 g/mol. The van der Waals surface area contributed by atoms with Gasteiger partial charge in [0.15, 0.2) is 0 Å². The predicted molar refractivity (Wildman–Crippen MR) is 134 cm³/mol. The quantitative estimate of drug-likeness (QED) is 0.495. The predicted octanol–water partition coefficient (Wildman–Crippen LogP) is 5.25. The van der Waals surface area contributed by atoms with E-state index in [0.717, 1.165) is 28.7 Å². The van der Waals surface area contributed by atoms with Gasteiger partial charge in [-0.1, -0.05) is 61.0 Å². The van der Waals surface area contributed by atoms with Gasteiger partial charge in [-0.15, -0.1) is 0 Å². The largest absolute Gasteiger partial charge is 0.348 e. The minimum atomic E-state index is -3.94. The normalized spacial score (nSPS) is 12.3. The number of anilines is 1. The van der Waals surface area contributed by atoms with E-state index in [2.05, 4.69) is 12.2 Å². The molecule has 33 heavy (non-hydrogen) atoms. The number of rotatable bonds is 8. The van der Waals surface area contributed by atoms with Crippen LogP contribution in [0.25, 0.3) is 0 Å². The van der Waals surface area contributed by atoms with E-state index in [1.165, 1.54) is 9.87 Å². The summed E-state index contributed by atoms with van der Waals surface area (Å²) >= 11 is 0. The Morgan fingerprint density at radius 3 is 2.18 bits per heavy atom. The number of aryl methyl sites for hydroxylation is 3. The third kappa shape index (κ3) is 5.63. The lowest BCUT2D eigenvalue weighted by Gasteiger charge is -2.27. The van der Waals surface area contributed by atoms with Crippen molar-refractivity contribution in [2.75, 3.05) is 10.8 Å². The smallest absolute Gasteiger partial charge is 0.264 e. The van der Waals surface area contributed by atoms with Gasteiger partial charge in [-0.05, 0) is 74.6 Å². The van der Waals surface area contributed by atoms with Gasteiger partial charge in [0.2, 0.25) is 5.91 Å². The van der Waals surface area contributed by atoms with E-state index in [9.17, 15) is 13.2 Å². The number of nitrogens with zero attached hydrogens (tertiary/aromatic N) is 1. The molecule has 5 nitrogen and oxygen atoms in total. The summed E-state index contributed by atoms with van der Waals surface area (Å²) in [5.74, 6) is -0.362. The van der Waals surface area contributed by atoms with Gasteiger partial charge in [-0.2, -0.15) is 0 Å². The van der Waals surface area contributed by atoms with Crippen LogP contribution in [0.4, 0.5) is 5.69 Å². The minimum Gasteiger partial charge on any atom is -0.348 e. The first-order valence-corrected chi connectivity index (χ1v) is 12.6. The first-order chi connectivity index (χ1) is 15.6. The lowest BCUT2D eigenvalue weighted by atomic mass is 10.0. The second-order valence-corrected chi connectivity index (χ2v) is 10.3. The molecule has 0 radical (unpaired) electrons. The fraction of sp³-hybridized carbons (Fsp3) is 0.296. The molecule has 0 spiro atoms. The summed E-state index contributed by atoms with van der Waals surface area (Å²) in [5, 5.41) is 2.96. The summed E-state index contributed by atoms with van der Waals surface area (Å²) in [7, 11) is -3.94. The van der Waals surface area contributed by atoms with Crippen LogP contribution in [0.15, 0.2) is 71.6 Å². The van der Waals surface area contributed by atoms with Crippen LogP contribution in [0, 0.1) is 20.8 Å². The Morgan fingerprint density at radius 1 is 0.939 bits per heavy atom. The van der Waals surface area contributed by atoms with Crippen molar-refractivity contribution < 1.29 is 13.2 Å². The number of hydrogen-bond donors (Lipinski definition) is 1. The van der Waals surface area contributed by atoms with Crippen molar-refractivity contribution in [2.45, 2.75) is 52.0 Å². The van der Waals surface area contributed by atoms with Crippen LogP contribution in [0.1, 0.15) is 47.7 Å². The summed E-state index contributed by atoms with van der Waals surface area (Å²) in [4.78, 5) is 13.2. The molecule has 0 bridgehead atoms. The highest BCUT2D eigenvalue weighted by atomic mass is 32.2. The third-order valence-electron chi connectivity index (χ3n) is 6.01. The van der Waals surface area contributed by atoms with Crippen molar-refractivity contribution >= 4 is 21.6 Å². The second-order valence-electron chi connectivity index (χ2n) is 8.43. The van der Waals surface area contributed by atoms with Gasteiger partial charge in [0, 0.05) is 0 Å². The average Bonchev–Trinajstić information content (AvgIpc) is 2.79. The first-order valence-electron chi connectivity index (χ1n) is 11.2. The maximum atomic E-state index is 13.6. The van der Waals surface area contributed by atoms with E-state index < -0.39 is 10.0 Å². The van der Waals surface area contributed by atoms with Gasteiger partial charge in [-0.25, -0.2) is 8.42 Å². The third-order valence-corrected chi connectivity index (χ3v) is 7.78. The van der Waals surface area contributed by atoms with Crippen molar-refractivity contribution in [1.29, 1.82) is 0 Å². The number of sulfonamides is 1. The van der Waals surface area contributed by atoms with Crippen LogP contribution in [-0.4, -0.2) is 20.9 Å². The SMILES string of the molecule is CCc1ccc([C@H](C)NC(=O)CN(c2cccc(C)c2C)S(=O)(=O)c2ccc(C)cc2)cc1. The molecule has 0 fully saturated rings. The Labute approximate surface area is 197 Å². The zero-order valence-corrected chi connectivity index (χ0v) is 20.7. The number of amides is 1. The second kappa shape index (κ2) is 10.2. The van der Waals surface area contributed by atoms with Crippen LogP contribution in [0.5, 0.6) is 0 Å². The molecule has 0 aromatic heterocycles. The summed E-state index contributed by atoms with van der Waals surface area (Å²) in [6.45, 7) is 9.39. The number of nitrogens with one attached hydrogen (secondary N) is 1. The molecule has 0 saturated heterocycles. The molecule has 0 saturated carbocycles. The number of benzene rings is 3. The molecule has 3 aromatic rings. The van der Waals surface area contributed by atoms with Crippen LogP contribution in [-0.2, 0) is 21.2 Å². The summed E-state index contributed by atoms with van der Waals surface area (Å²) < 4.78 is 28.4. The molecule has 6 heteroatoms. The van der Waals surface area contributed by atoms with Crippen molar-refractivity contribution in [3.8, 4) is 0 Å². The number of carbonyl (C=O) groups excluding carboxylic acids is 1. The molecule has 1 atom stereocenters. The molecule has 3 aromatic carbocycles. The maximum absolute atomic E-state index is 13.6. The molecular weight excluding hydrogens is 432 g/mol. The van der Waals surface area contributed by atoms with Gasteiger partial charge in [0.05, 0.1) is 16.6 Å².